The lowest BCUT2D eigenvalue weighted by Gasteiger charge is -2.35. The van der Waals surface area contributed by atoms with Crippen LogP contribution in [0.4, 0.5) is 10.1 Å². The third-order valence-corrected chi connectivity index (χ3v) is 2.99. The van der Waals surface area contributed by atoms with Crippen LogP contribution < -0.4 is 9.64 Å². The smallest absolute Gasteiger partial charge is 0.178 e. The molecule has 1 atom stereocenters. The molecular weight excluding hydrogens is 209 g/mol. The van der Waals surface area contributed by atoms with Crippen LogP contribution >= 0.6 is 0 Å². The van der Waals surface area contributed by atoms with Crippen LogP contribution in [-0.4, -0.2) is 31.4 Å². The zero-order chi connectivity index (χ0) is 11.5. The minimum atomic E-state index is -0.315. The van der Waals surface area contributed by atoms with E-state index in [1.165, 1.54) is 6.07 Å². The minimum Gasteiger partial charge on any atom is -0.486 e. The Labute approximate surface area is 94.4 Å². The summed E-state index contributed by atoms with van der Waals surface area (Å²) in [6.45, 7) is 0.658. The SMILES string of the molecule is CN1c2cccc(F)c2OCC1CCCO. The largest absolute Gasteiger partial charge is 0.486 e. The first-order valence-electron chi connectivity index (χ1n) is 5.49. The topological polar surface area (TPSA) is 32.7 Å². The number of ether oxygens (including phenoxy) is 1. The molecule has 0 saturated heterocycles. The summed E-state index contributed by atoms with van der Waals surface area (Å²) in [7, 11) is 1.93. The Hall–Kier alpha value is -1.29. The summed E-state index contributed by atoms with van der Waals surface area (Å²) in [6, 6.07) is 5.15. The van der Waals surface area contributed by atoms with Gasteiger partial charge in [0.1, 0.15) is 6.61 Å². The molecule has 0 saturated carbocycles. The molecule has 0 radical (unpaired) electrons. The summed E-state index contributed by atoms with van der Waals surface area (Å²) in [5.41, 5.74) is 0.786. The van der Waals surface area contributed by atoms with Crippen LogP contribution in [0.3, 0.4) is 0 Å². The van der Waals surface area contributed by atoms with Gasteiger partial charge in [-0.25, -0.2) is 4.39 Å². The number of likely N-dealkylation sites (N-methyl/N-ethyl adjacent to an activating group) is 1. The second-order valence-electron chi connectivity index (χ2n) is 4.03. The Morgan fingerprint density at radius 2 is 2.38 bits per heavy atom. The number of fused-ring (bicyclic) bond motifs is 1. The van der Waals surface area contributed by atoms with Gasteiger partial charge in [-0.05, 0) is 25.0 Å². The number of aliphatic hydroxyl groups excluding tert-OH is 1. The van der Waals surface area contributed by atoms with Crippen molar-refractivity contribution in [1.82, 2.24) is 0 Å². The Morgan fingerprint density at radius 3 is 3.12 bits per heavy atom. The number of aliphatic hydroxyl groups is 1. The fourth-order valence-electron chi connectivity index (χ4n) is 2.01. The Bertz CT molecular complexity index is 370. The highest BCUT2D eigenvalue weighted by Gasteiger charge is 2.26. The monoisotopic (exact) mass is 225 g/mol. The molecule has 1 aliphatic heterocycles. The molecule has 1 N–H and O–H groups in total. The maximum atomic E-state index is 13.4. The van der Waals surface area contributed by atoms with Crippen molar-refractivity contribution in [3.63, 3.8) is 0 Å². The van der Waals surface area contributed by atoms with E-state index in [1.807, 2.05) is 18.0 Å². The molecule has 88 valence electrons. The Morgan fingerprint density at radius 1 is 1.56 bits per heavy atom. The number of hydrogen-bond acceptors (Lipinski definition) is 3. The summed E-state index contributed by atoms with van der Waals surface area (Å²) < 4.78 is 18.9. The maximum absolute atomic E-state index is 13.4. The molecule has 0 aromatic heterocycles. The maximum Gasteiger partial charge on any atom is 0.178 e. The lowest BCUT2D eigenvalue weighted by atomic mass is 10.1. The Balaban J connectivity index is 2.18. The van der Waals surface area contributed by atoms with Gasteiger partial charge < -0.3 is 14.7 Å². The van der Waals surface area contributed by atoms with Crippen molar-refractivity contribution < 1.29 is 14.2 Å². The molecule has 1 aromatic rings. The number of rotatable bonds is 3. The standard InChI is InChI=1S/C12H16FNO2/c1-14-9(4-3-7-15)8-16-12-10(13)5-2-6-11(12)14/h2,5-6,9,15H,3-4,7-8H2,1H3. The van der Waals surface area contributed by atoms with E-state index in [1.54, 1.807) is 6.07 Å². The number of hydrogen-bond donors (Lipinski definition) is 1. The van der Waals surface area contributed by atoms with Crippen molar-refractivity contribution in [1.29, 1.82) is 0 Å². The fraction of sp³-hybridized carbons (Fsp3) is 0.500. The van der Waals surface area contributed by atoms with Crippen LogP contribution in [0.1, 0.15) is 12.8 Å². The van der Waals surface area contributed by atoms with Crippen LogP contribution in [0.5, 0.6) is 5.75 Å². The minimum absolute atomic E-state index is 0.181. The summed E-state index contributed by atoms with van der Waals surface area (Å²) in [5, 5.41) is 8.80. The van der Waals surface area contributed by atoms with Gasteiger partial charge >= 0.3 is 0 Å². The molecule has 0 aliphatic carbocycles. The van der Waals surface area contributed by atoms with Gasteiger partial charge in [-0.3, -0.25) is 0 Å². The Kier molecular flexibility index (Phi) is 3.29. The highest BCUT2D eigenvalue weighted by Crippen LogP contribution is 2.35. The van der Waals surface area contributed by atoms with Crippen molar-refractivity contribution in [2.45, 2.75) is 18.9 Å². The van der Waals surface area contributed by atoms with E-state index in [4.69, 9.17) is 9.84 Å². The molecular formula is C12H16FNO2. The highest BCUT2D eigenvalue weighted by molar-refractivity contribution is 5.60. The van der Waals surface area contributed by atoms with Crippen molar-refractivity contribution in [2.75, 3.05) is 25.2 Å². The predicted molar refractivity (Wildman–Crippen MR) is 60.4 cm³/mol. The molecule has 1 aromatic carbocycles. The lowest BCUT2D eigenvalue weighted by Crippen LogP contribution is -2.40. The van der Waals surface area contributed by atoms with Crippen molar-refractivity contribution in [3.8, 4) is 5.75 Å². The van der Waals surface area contributed by atoms with Crippen LogP contribution in [0.2, 0.25) is 0 Å². The van der Waals surface area contributed by atoms with Crippen LogP contribution in [0.15, 0.2) is 18.2 Å². The molecule has 0 bridgehead atoms. The van der Waals surface area contributed by atoms with E-state index < -0.39 is 0 Å². The molecule has 1 aliphatic rings. The van der Waals surface area contributed by atoms with Crippen LogP contribution in [0.25, 0.3) is 0 Å². The second kappa shape index (κ2) is 4.70. The number of halogens is 1. The van der Waals surface area contributed by atoms with Gasteiger partial charge in [0.2, 0.25) is 0 Å². The first-order chi connectivity index (χ1) is 7.74. The zero-order valence-electron chi connectivity index (χ0n) is 9.32. The van der Waals surface area contributed by atoms with E-state index >= 15 is 0 Å². The molecule has 1 heterocycles. The van der Waals surface area contributed by atoms with Crippen molar-refractivity contribution >= 4 is 5.69 Å². The number of anilines is 1. The normalized spacial score (nSPS) is 19.2. The molecule has 2 rings (SSSR count). The summed E-state index contributed by atoms with van der Waals surface area (Å²) in [6.07, 6.45) is 1.59. The molecule has 0 spiro atoms. The number of benzene rings is 1. The summed E-state index contributed by atoms with van der Waals surface area (Å²) >= 11 is 0. The predicted octanol–water partition coefficient (Wildman–Crippen LogP) is 1.80. The van der Waals surface area contributed by atoms with Crippen molar-refractivity contribution in [3.05, 3.63) is 24.0 Å². The van der Waals surface area contributed by atoms with Gasteiger partial charge in [0.05, 0.1) is 11.7 Å². The van der Waals surface area contributed by atoms with E-state index in [-0.39, 0.29) is 18.5 Å². The number of nitrogens with zero attached hydrogens (tertiary/aromatic N) is 1. The van der Waals surface area contributed by atoms with Gasteiger partial charge in [0.25, 0.3) is 0 Å². The van der Waals surface area contributed by atoms with Gasteiger partial charge in [-0.2, -0.15) is 0 Å². The molecule has 4 heteroatoms. The van der Waals surface area contributed by atoms with Gasteiger partial charge in [-0.15, -0.1) is 0 Å². The third kappa shape index (κ3) is 1.97. The van der Waals surface area contributed by atoms with E-state index in [0.717, 1.165) is 18.5 Å². The van der Waals surface area contributed by atoms with E-state index in [9.17, 15) is 4.39 Å². The third-order valence-electron chi connectivity index (χ3n) is 2.99. The summed E-state index contributed by atoms with van der Waals surface area (Å²) in [5.74, 6) is 0.0233. The molecule has 1 unspecified atom stereocenters. The van der Waals surface area contributed by atoms with Crippen molar-refractivity contribution in [2.24, 2.45) is 0 Å². The van der Waals surface area contributed by atoms with Gasteiger partial charge in [0.15, 0.2) is 11.6 Å². The van der Waals surface area contributed by atoms with E-state index in [0.29, 0.717) is 12.4 Å². The lowest BCUT2D eigenvalue weighted by molar-refractivity contribution is 0.229. The number of para-hydroxylation sites is 1. The van der Waals surface area contributed by atoms with Gasteiger partial charge in [-0.1, -0.05) is 6.07 Å². The second-order valence-corrected chi connectivity index (χ2v) is 4.03. The first kappa shape index (κ1) is 11.2. The zero-order valence-corrected chi connectivity index (χ0v) is 9.32. The fourth-order valence-corrected chi connectivity index (χ4v) is 2.01. The average Bonchev–Trinajstić information content (AvgIpc) is 2.29. The van der Waals surface area contributed by atoms with Crippen LogP contribution in [-0.2, 0) is 0 Å². The molecule has 16 heavy (non-hydrogen) atoms. The first-order valence-corrected chi connectivity index (χ1v) is 5.49. The van der Waals surface area contributed by atoms with Crippen LogP contribution in [0, 0.1) is 5.82 Å². The quantitative estimate of drug-likeness (QED) is 0.851. The average molecular weight is 225 g/mol. The highest BCUT2D eigenvalue weighted by atomic mass is 19.1. The van der Waals surface area contributed by atoms with Gasteiger partial charge in [0, 0.05) is 13.7 Å². The molecule has 3 nitrogen and oxygen atoms in total. The summed E-state index contributed by atoms with van der Waals surface area (Å²) in [4.78, 5) is 2.03. The van der Waals surface area contributed by atoms with E-state index in [2.05, 4.69) is 0 Å². The molecule has 0 amide bonds. The molecule has 0 fully saturated rings.